The summed E-state index contributed by atoms with van der Waals surface area (Å²) in [6.45, 7) is 15.7. The zero-order valence-electron chi connectivity index (χ0n) is 15.7. The topological polar surface area (TPSA) is 26.3 Å². The Hall–Kier alpha value is -0.530. The summed E-state index contributed by atoms with van der Waals surface area (Å²) in [6.07, 6.45) is 5.74. The van der Waals surface area contributed by atoms with Crippen LogP contribution in [0.1, 0.15) is 80.6 Å². The van der Waals surface area contributed by atoms with E-state index in [1.807, 2.05) is 0 Å². The minimum absolute atomic E-state index is 0.0255. The van der Waals surface area contributed by atoms with Gasteiger partial charge in [-0.05, 0) is 61.7 Å². The smallest absolute Gasteiger partial charge is 0.312 e. The second kappa shape index (κ2) is 6.17. The van der Waals surface area contributed by atoms with Crippen LogP contribution in [0.3, 0.4) is 0 Å². The highest BCUT2D eigenvalue weighted by atomic mass is 16.5. The maximum Gasteiger partial charge on any atom is 0.312 e. The Bertz CT molecular complexity index is 412. The summed E-state index contributed by atoms with van der Waals surface area (Å²) in [7, 11) is 0. The number of rotatable bonds is 3. The molecule has 0 aromatic rings. The number of hydrogen-bond acceptors (Lipinski definition) is 2. The fraction of sp³-hybridized carbons (Fsp3) is 0.950. The van der Waals surface area contributed by atoms with Crippen LogP contribution in [0, 0.1) is 34.5 Å². The van der Waals surface area contributed by atoms with Crippen LogP contribution < -0.4 is 0 Å². The number of ether oxygens (including phenoxy) is 1. The monoisotopic (exact) mass is 308 g/mol. The largest absolute Gasteiger partial charge is 0.462 e. The first-order chi connectivity index (χ1) is 10.1. The van der Waals surface area contributed by atoms with Gasteiger partial charge in [-0.3, -0.25) is 4.79 Å². The Kier molecular flexibility index (Phi) is 5.00. The number of carbonyl (C=O) groups is 1. The molecule has 0 radical (unpaired) electrons. The first-order valence-corrected chi connectivity index (χ1v) is 9.30. The van der Waals surface area contributed by atoms with Crippen LogP contribution in [0.25, 0.3) is 0 Å². The molecule has 0 amide bonds. The van der Waals surface area contributed by atoms with E-state index in [0.717, 1.165) is 19.3 Å². The van der Waals surface area contributed by atoms with Crippen LogP contribution >= 0.6 is 0 Å². The predicted octanol–water partition coefficient (Wildman–Crippen LogP) is 5.45. The molecule has 2 saturated carbocycles. The number of hydrogen-bond donors (Lipinski definition) is 0. The molecule has 2 heteroatoms. The first-order valence-electron chi connectivity index (χ1n) is 9.30. The zero-order chi connectivity index (χ0) is 16.7. The maximum absolute atomic E-state index is 13.0. The molecule has 0 unspecified atom stereocenters. The van der Waals surface area contributed by atoms with Crippen molar-refractivity contribution in [3.63, 3.8) is 0 Å². The molecule has 22 heavy (non-hydrogen) atoms. The van der Waals surface area contributed by atoms with Crippen molar-refractivity contribution in [1.82, 2.24) is 0 Å². The zero-order valence-corrected chi connectivity index (χ0v) is 15.7. The van der Waals surface area contributed by atoms with Gasteiger partial charge in [-0.2, -0.15) is 0 Å². The van der Waals surface area contributed by atoms with Crippen LogP contribution in [-0.2, 0) is 9.53 Å². The van der Waals surface area contributed by atoms with Gasteiger partial charge in [-0.1, -0.05) is 48.0 Å². The molecule has 2 aliphatic carbocycles. The number of esters is 1. The second-order valence-electron chi connectivity index (χ2n) is 9.26. The lowest BCUT2D eigenvalue weighted by molar-refractivity contribution is -0.174. The number of carbonyl (C=O) groups excluding carboxylic acids is 1. The fourth-order valence-corrected chi connectivity index (χ4v) is 4.61. The minimum atomic E-state index is -0.325. The summed E-state index contributed by atoms with van der Waals surface area (Å²) in [5, 5.41) is 0. The van der Waals surface area contributed by atoms with Gasteiger partial charge in [0.05, 0.1) is 5.41 Å². The van der Waals surface area contributed by atoms with E-state index >= 15 is 0 Å². The van der Waals surface area contributed by atoms with Crippen LogP contribution in [0.5, 0.6) is 0 Å². The van der Waals surface area contributed by atoms with Crippen molar-refractivity contribution >= 4 is 5.97 Å². The van der Waals surface area contributed by atoms with Gasteiger partial charge >= 0.3 is 5.97 Å². The van der Waals surface area contributed by atoms with Crippen LogP contribution in [0.15, 0.2) is 0 Å². The predicted molar refractivity (Wildman–Crippen MR) is 91.5 cm³/mol. The molecule has 0 aromatic carbocycles. The SMILES string of the molecule is CC(C)[C@@H]1CC[C@H](C)C[C@H]1OC(=O)[C@]1(C)CC[C@H](C)C1(C)C. The third-order valence-corrected chi connectivity index (χ3v) is 7.40. The molecule has 2 nitrogen and oxygen atoms in total. The standard InChI is InChI=1S/C20H36O2/c1-13(2)16-9-8-14(3)12-17(16)22-18(21)20(7)11-10-15(4)19(20,5)6/h13-17H,8-12H2,1-7H3/t14-,15-,16-,17+,20-/m0/s1. The van der Waals surface area contributed by atoms with Gasteiger partial charge < -0.3 is 4.74 Å². The molecule has 0 saturated heterocycles. The molecular formula is C20H36O2. The summed E-state index contributed by atoms with van der Waals surface area (Å²) in [4.78, 5) is 13.0. The average Bonchev–Trinajstić information content (AvgIpc) is 2.63. The van der Waals surface area contributed by atoms with Crippen molar-refractivity contribution in [2.45, 2.75) is 86.7 Å². The van der Waals surface area contributed by atoms with E-state index in [4.69, 9.17) is 4.74 Å². The highest BCUT2D eigenvalue weighted by molar-refractivity contribution is 5.78. The molecule has 2 fully saturated rings. The molecule has 0 aromatic heterocycles. The van der Waals surface area contributed by atoms with E-state index in [0.29, 0.717) is 23.7 Å². The van der Waals surface area contributed by atoms with Crippen molar-refractivity contribution in [3.8, 4) is 0 Å². The van der Waals surface area contributed by atoms with Crippen molar-refractivity contribution in [3.05, 3.63) is 0 Å². The molecule has 2 aliphatic rings. The molecular weight excluding hydrogens is 272 g/mol. The van der Waals surface area contributed by atoms with Gasteiger partial charge in [0, 0.05) is 0 Å². The Morgan fingerprint density at radius 3 is 2.23 bits per heavy atom. The lowest BCUT2D eigenvalue weighted by Crippen LogP contribution is -2.45. The van der Waals surface area contributed by atoms with Crippen LogP contribution in [-0.4, -0.2) is 12.1 Å². The van der Waals surface area contributed by atoms with Gasteiger partial charge in [0.25, 0.3) is 0 Å². The van der Waals surface area contributed by atoms with E-state index in [-0.39, 0.29) is 22.9 Å². The highest BCUT2D eigenvalue weighted by Crippen LogP contribution is 2.56. The van der Waals surface area contributed by atoms with E-state index in [9.17, 15) is 4.79 Å². The molecule has 5 atom stereocenters. The molecule has 128 valence electrons. The van der Waals surface area contributed by atoms with Gasteiger partial charge in [-0.25, -0.2) is 0 Å². The van der Waals surface area contributed by atoms with Crippen molar-refractivity contribution < 1.29 is 9.53 Å². The lowest BCUT2D eigenvalue weighted by atomic mass is 9.66. The maximum atomic E-state index is 13.0. The normalized spacial score (nSPS) is 41.6. The Balaban J connectivity index is 2.13. The van der Waals surface area contributed by atoms with Crippen molar-refractivity contribution in [2.24, 2.45) is 34.5 Å². The Labute approximate surface area is 137 Å². The quantitative estimate of drug-likeness (QED) is 0.648. The first kappa shape index (κ1) is 17.8. The Morgan fingerprint density at radius 2 is 1.73 bits per heavy atom. The Morgan fingerprint density at radius 1 is 1.09 bits per heavy atom. The van der Waals surface area contributed by atoms with E-state index in [1.54, 1.807) is 0 Å². The third-order valence-electron chi connectivity index (χ3n) is 7.40. The van der Waals surface area contributed by atoms with Gasteiger partial charge in [0.1, 0.15) is 6.10 Å². The highest BCUT2D eigenvalue weighted by Gasteiger charge is 2.55. The summed E-state index contributed by atoms with van der Waals surface area (Å²) in [5.74, 6) is 2.44. The molecule has 2 rings (SSSR count). The van der Waals surface area contributed by atoms with E-state index in [1.165, 1.54) is 12.8 Å². The molecule has 0 heterocycles. The summed E-state index contributed by atoms with van der Waals surface area (Å²) in [5.41, 5.74) is -0.299. The average molecular weight is 309 g/mol. The molecule has 0 aliphatic heterocycles. The summed E-state index contributed by atoms with van der Waals surface area (Å²) >= 11 is 0. The minimum Gasteiger partial charge on any atom is -0.462 e. The van der Waals surface area contributed by atoms with Gasteiger partial charge in [0.2, 0.25) is 0 Å². The van der Waals surface area contributed by atoms with Crippen LogP contribution in [0.4, 0.5) is 0 Å². The summed E-state index contributed by atoms with van der Waals surface area (Å²) < 4.78 is 6.17. The van der Waals surface area contributed by atoms with Crippen molar-refractivity contribution in [2.75, 3.05) is 0 Å². The summed E-state index contributed by atoms with van der Waals surface area (Å²) in [6, 6.07) is 0. The second-order valence-corrected chi connectivity index (χ2v) is 9.26. The van der Waals surface area contributed by atoms with Crippen LogP contribution in [0.2, 0.25) is 0 Å². The van der Waals surface area contributed by atoms with Gasteiger partial charge in [-0.15, -0.1) is 0 Å². The molecule has 0 N–H and O–H groups in total. The molecule has 0 bridgehead atoms. The fourth-order valence-electron chi connectivity index (χ4n) is 4.61. The van der Waals surface area contributed by atoms with Crippen molar-refractivity contribution in [1.29, 1.82) is 0 Å². The van der Waals surface area contributed by atoms with E-state index in [2.05, 4.69) is 48.5 Å². The van der Waals surface area contributed by atoms with Gasteiger partial charge in [0.15, 0.2) is 0 Å². The third kappa shape index (κ3) is 2.95. The lowest BCUT2D eigenvalue weighted by Gasteiger charge is -2.42. The molecule has 0 spiro atoms. The van der Waals surface area contributed by atoms with E-state index < -0.39 is 0 Å².